The largest absolute Gasteiger partial charge is 0.301 e. The Labute approximate surface area is 90.0 Å². The zero-order valence-corrected chi connectivity index (χ0v) is 9.54. The van der Waals surface area contributed by atoms with Crippen molar-refractivity contribution >= 4 is 5.65 Å². The fourth-order valence-electron chi connectivity index (χ4n) is 2.78. The standard InChI is InChI=1S/C13H16N2/c1-8-6-10(3)15-12(7-8)14-11-5-4-9(2)13(11)15/h6-7,9H,4-5H2,1-3H3. The highest BCUT2D eigenvalue weighted by molar-refractivity contribution is 5.49. The molecule has 0 bridgehead atoms. The lowest BCUT2D eigenvalue weighted by molar-refractivity contribution is 0.713. The lowest BCUT2D eigenvalue weighted by atomic mass is 10.1. The van der Waals surface area contributed by atoms with Crippen molar-refractivity contribution in [2.75, 3.05) is 0 Å². The number of fused-ring (bicyclic) bond motifs is 3. The molecule has 0 amide bonds. The van der Waals surface area contributed by atoms with Gasteiger partial charge in [0.2, 0.25) is 0 Å². The summed E-state index contributed by atoms with van der Waals surface area (Å²) in [6.45, 7) is 6.61. The van der Waals surface area contributed by atoms with Crippen LogP contribution < -0.4 is 0 Å². The Morgan fingerprint density at radius 2 is 2.13 bits per heavy atom. The molecule has 2 aromatic heterocycles. The minimum absolute atomic E-state index is 0.663. The highest BCUT2D eigenvalue weighted by Crippen LogP contribution is 2.33. The number of aryl methyl sites for hydroxylation is 3. The first-order valence-corrected chi connectivity index (χ1v) is 5.65. The minimum Gasteiger partial charge on any atom is -0.301 e. The number of rotatable bonds is 0. The fourth-order valence-corrected chi connectivity index (χ4v) is 2.78. The maximum Gasteiger partial charge on any atom is 0.137 e. The second kappa shape index (κ2) is 2.84. The van der Waals surface area contributed by atoms with Crippen LogP contribution in [0, 0.1) is 13.8 Å². The van der Waals surface area contributed by atoms with Gasteiger partial charge in [0.15, 0.2) is 0 Å². The SMILES string of the molecule is Cc1cc(C)n2c3c(nc2c1)CCC3C. The average Bonchev–Trinajstić information content (AvgIpc) is 2.66. The van der Waals surface area contributed by atoms with Crippen LogP contribution in [0.3, 0.4) is 0 Å². The van der Waals surface area contributed by atoms with Gasteiger partial charge in [-0.2, -0.15) is 0 Å². The van der Waals surface area contributed by atoms with Crippen molar-refractivity contribution in [2.45, 2.75) is 39.5 Å². The summed E-state index contributed by atoms with van der Waals surface area (Å²) in [6, 6.07) is 4.41. The zero-order chi connectivity index (χ0) is 10.6. The van der Waals surface area contributed by atoms with Gasteiger partial charge in [0.1, 0.15) is 5.65 Å². The maximum atomic E-state index is 4.73. The van der Waals surface area contributed by atoms with E-state index in [1.165, 1.54) is 29.1 Å². The van der Waals surface area contributed by atoms with Crippen molar-refractivity contribution in [3.63, 3.8) is 0 Å². The predicted molar refractivity (Wildman–Crippen MR) is 61.4 cm³/mol. The Morgan fingerprint density at radius 1 is 1.33 bits per heavy atom. The van der Waals surface area contributed by atoms with Crippen molar-refractivity contribution in [1.29, 1.82) is 0 Å². The highest BCUT2D eigenvalue weighted by atomic mass is 15.0. The highest BCUT2D eigenvalue weighted by Gasteiger charge is 2.24. The molecule has 78 valence electrons. The molecule has 1 atom stereocenters. The van der Waals surface area contributed by atoms with Gasteiger partial charge < -0.3 is 4.40 Å². The molecule has 1 unspecified atom stereocenters. The molecule has 0 spiro atoms. The van der Waals surface area contributed by atoms with Gasteiger partial charge in [-0.15, -0.1) is 0 Å². The third-order valence-corrected chi connectivity index (χ3v) is 3.44. The lowest BCUT2D eigenvalue weighted by Gasteiger charge is -2.08. The van der Waals surface area contributed by atoms with Gasteiger partial charge in [0, 0.05) is 11.4 Å². The Bertz CT molecular complexity index is 537. The lowest BCUT2D eigenvalue weighted by Crippen LogP contribution is -1.99. The van der Waals surface area contributed by atoms with E-state index in [1.54, 1.807) is 0 Å². The maximum absolute atomic E-state index is 4.73. The third kappa shape index (κ3) is 1.14. The zero-order valence-electron chi connectivity index (χ0n) is 9.54. The summed E-state index contributed by atoms with van der Waals surface area (Å²) in [5.41, 5.74) is 6.51. The fraction of sp³-hybridized carbons (Fsp3) is 0.462. The molecule has 15 heavy (non-hydrogen) atoms. The summed E-state index contributed by atoms with van der Waals surface area (Å²) < 4.78 is 2.33. The van der Waals surface area contributed by atoms with Gasteiger partial charge in [-0.05, 0) is 50.3 Å². The second-order valence-electron chi connectivity index (χ2n) is 4.75. The molecule has 0 radical (unpaired) electrons. The van der Waals surface area contributed by atoms with E-state index in [9.17, 15) is 0 Å². The Kier molecular flexibility index (Phi) is 1.70. The molecule has 1 aliphatic rings. The first kappa shape index (κ1) is 8.96. The van der Waals surface area contributed by atoms with Gasteiger partial charge in [0.05, 0.1) is 5.69 Å². The monoisotopic (exact) mass is 200 g/mol. The number of hydrogen-bond donors (Lipinski definition) is 0. The molecule has 1 aliphatic carbocycles. The molecule has 0 N–H and O–H groups in total. The first-order valence-electron chi connectivity index (χ1n) is 5.65. The van der Waals surface area contributed by atoms with E-state index < -0.39 is 0 Å². The smallest absolute Gasteiger partial charge is 0.137 e. The number of nitrogens with zero attached hydrogens (tertiary/aromatic N) is 2. The van der Waals surface area contributed by atoms with Crippen LogP contribution in [0.2, 0.25) is 0 Å². The van der Waals surface area contributed by atoms with Crippen LogP contribution in [0.4, 0.5) is 0 Å². The predicted octanol–water partition coefficient (Wildman–Crippen LogP) is 3.00. The van der Waals surface area contributed by atoms with Crippen LogP contribution in [-0.2, 0) is 6.42 Å². The van der Waals surface area contributed by atoms with E-state index in [1.807, 2.05) is 0 Å². The normalized spacial score (nSPS) is 19.8. The van der Waals surface area contributed by atoms with Crippen LogP contribution in [0.25, 0.3) is 5.65 Å². The molecule has 2 nitrogen and oxygen atoms in total. The van der Waals surface area contributed by atoms with Crippen LogP contribution in [0.1, 0.15) is 41.9 Å². The van der Waals surface area contributed by atoms with E-state index in [4.69, 9.17) is 4.98 Å². The molecule has 2 heteroatoms. The summed E-state index contributed by atoms with van der Waals surface area (Å²) in [4.78, 5) is 4.73. The molecular weight excluding hydrogens is 184 g/mol. The minimum atomic E-state index is 0.663. The van der Waals surface area contributed by atoms with Crippen molar-refractivity contribution in [3.8, 4) is 0 Å². The van der Waals surface area contributed by atoms with Crippen LogP contribution in [-0.4, -0.2) is 9.38 Å². The summed E-state index contributed by atoms with van der Waals surface area (Å²) >= 11 is 0. The molecule has 0 fully saturated rings. The summed E-state index contributed by atoms with van der Waals surface area (Å²) in [5.74, 6) is 0.663. The Balaban J connectivity index is 2.42. The second-order valence-corrected chi connectivity index (χ2v) is 4.75. The average molecular weight is 200 g/mol. The van der Waals surface area contributed by atoms with E-state index >= 15 is 0 Å². The van der Waals surface area contributed by atoms with Gasteiger partial charge in [-0.3, -0.25) is 0 Å². The van der Waals surface area contributed by atoms with Gasteiger partial charge in [-0.25, -0.2) is 4.98 Å². The Morgan fingerprint density at radius 3 is 2.93 bits per heavy atom. The van der Waals surface area contributed by atoms with Crippen LogP contribution in [0.5, 0.6) is 0 Å². The van der Waals surface area contributed by atoms with Crippen molar-refractivity contribution < 1.29 is 0 Å². The quantitative estimate of drug-likeness (QED) is 0.639. The van der Waals surface area contributed by atoms with Gasteiger partial charge in [0.25, 0.3) is 0 Å². The molecule has 0 aliphatic heterocycles. The summed E-state index contributed by atoms with van der Waals surface area (Å²) in [6.07, 6.45) is 2.41. The Hall–Kier alpha value is -1.31. The number of hydrogen-bond acceptors (Lipinski definition) is 1. The van der Waals surface area contributed by atoms with E-state index in [0.717, 1.165) is 12.1 Å². The third-order valence-electron chi connectivity index (χ3n) is 3.44. The number of imidazole rings is 1. The van der Waals surface area contributed by atoms with E-state index in [2.05, 4.69) is 37.3 Å². The number of aromatic nitrogens is 2. The molecule has 2 aromatic rings. The molecular formula is C13H16N2. The topological polar surface area (TPSA) is 17.3 Å². The van der Waals surface area contributed by atoms with Crippen LogP contribution >= 0.6 is 0 Å². The van der Waals surface area contributed by atoms with Crippen LogP contribution in [0.15, 0.2) is 12.1 Å². The van der Waals surface area contributed by atoms with Crippen molar-refractivity contribution in [2.24, 2.45) is 0 Å². The number of pyridine rings is 1. The first-order chi connectivity index (χ1) is 7.16. The van der Waals surface area contributed by atoms with Gasteiger partial charge >= 0.3 is 0 Å². The van der Waals surface area contributed by atoms with E-state index in [-0.39, 0.29) is 0 Å². The van der Waals surface area contributed by atoms with Crippen molar-refractivity contribution in [3.05, 3.63) is 34.8 Å². The van der Waals surface area contributed by atoms with Crippen molar-refractivity contribution in [1.82, 2.24) is 9.38 Å². The molecule has 0 saturated heterocycles. The molecule has 0 aromatic carbocycles. The summed E-state index contributed by atoms with van der Waals surface area (Å²) in [5, 5.41) is 0. The molecule has 2 heterocycles. The summed E-state index contributed by atoms with van der Waals surface area (Å²) in [7, 11) is 0. The molecule has 0 saturated carbocycles. The van der Waals surface area contributed by atoms with E-state index in [0.29, 0.717) is 5.92 Å². The van der Waals surface area contributed by atoms with Gasteiger partial charge in [-0.1, -0.05) is 6.92 Å². The molecule has 3 rings (SSSR count).